The van der Waals surface area contributed by atoms with Gasteiger partial charge in [0.05, 0.1) is 29.5 Å². The van der Waals surface area contributed by atoms with Crippen LogP contribution in [0.25, 0.3) is 11.3 Å². The molecule has 0 N–H and O–H groups in total. The van der Waals surface area contributed by atoms with Crippen LogP contribution in [0.5, 0.6) is 0 Å². The molecule has 35 heavy (non-hydrogen) atoms. The van der Waals surface area contributed by atoms with Crippen LogP contribution >= 0.6 is 11.3 Å². The monoisotopic (exact) mass is 515 g/mol. The fourth-order valence-electron chi connectivity index (χ4n) is 4.81. The number of rotatable bonds is 6. The Kier molecular flexibility index (Phi) is 7.48. The second-order valence-electron chi connectivity index (χ2n) is 9.15. The largest absolute Gasteiger partial charge is 0.379 e. The minimum Gasteiger partial charge on any atom is -0.379 e. The SMILES string of the molecule is O=S(=O)(c1ccc(N=c2scc(-c3ccc(F)cc3)n2CC2CCCCC2)cc1)N1CCOCC1. The van der Waals surface area contributed by atoms with Crippen molar-refractivity contribution in [2.75, 3.05) is 26.3 Å². The molecule has 0 spiro atoms. The highest BCUT2D eigenvalue weighted by Crippen LogP contribution is 2.28. The van der Waals surface area contributed by atoms with E-state index >= 15 is 0 Å². The third kappa shape index (κ3) is 5.58. The predicted octanol–water partition coefficient (Wildman–Crippen LogP) is 5.19. The summed E-state index contributed by atoms with van der Waals surface area (Å²) < 4.78 is 48.4. The molecule has 186 valence electrons. The zero-order chi connectivity index (χ0) is 24.3. The molecule has 2 fully saturated rings. The van der Waals surface area contributed by atoms with E-state index in [4.69, 9.17) is 9.73 Å². The second-order valence-corrected chi connectivity index (χ2v) is 11.9. The van der Waals surface area contributed by atoms with Crippen LogP contribution in [0.15, 0.2) is 63.8 Å². The number of nitrogens with zero attached hydrogens (tertiary/aromatic N) is 3. The number of benzene rings is 2. The smallest absolute Gasteiger partial charge is 0.243 e. The molecule has 6 nitrogen and oxygen atoms in total. The molecule has 1 saturated heterocycles. The first-order valence-electron chi connectivity index (χ1n) is 12.2. The third-order valence-electron chi connectivity index (χ3n) is 6.77. The maximum Gasteiger partial charge on any atom is 0.243 e. The Labute approximate surface area is 209 Å². The molecule has 0 radical (unpaired) electrons. The molecule has 2 heterocycles. The van der Waals surface area contributed by atoms with E-state index in [1.807, 2.05) is 12.1 Å². The van der Waals surface area contributed by atoms with Gasteiger partial charge in [0, 0.05) is 25.0 Å². The summed E-state index contributed by atoms with van der Waals surface area (Å²) in [6, 6.07) is 13.4. The maximum absolute atomic E-state index is 13.5. The first-order chi connectivity index (χ1) is 17.0. The summed E-state index contributed by atoms with van der Waals surface area (Å²) in [5.74, 6) is 0.345. The number of ether oxygens (including phenoxy) is 1. The normalized spacial score (nSPS) is 18.7. The van der Waals surface area contributed by atoms with Gasteiger partial charge in [-0.3, -0.25) is 0 Å². The van der Waals surface area contributed by atoms with Crippen LogP contribution in [0.1, 0.15) is 32.1 Å². The van der Waals surface area contributed by atoms with Gasteiger partial charge < -0.3 is 9.30 Å². The average Bonchev–Trinajstić information content (AvgIpc) is 3.27. The van der Waals surface area contributed by atoms with E-state index < -0.39 is 10.0 Å². The van der Waals surface area contributed by atoms with Crippen LogP contribution in [0.2, 0.25) is 0 Å². The quantitative estimate of drug-likeness (QED) is 0.454. The standard InChI is InChI=1S/C26H30FN3O3S2/c27-22-8-6-21(7-9-22)25-19-34-26(30(25)18-20-4-2-1-3-5-20)28-23-10-12-24(13-11-23)35(31,32)29-14-16-33-17-15-29/h6-13,19-20H,1-5,14-18H2. The van der Waals surface area contributed by atoms with E-state index in [0.717, 1.165) is 22.6 Å². The van der Waals surface area contributed by atoms with Crippen molar-refractivity contribution in [1.29, 1.82) is 0 Å². The van der Waals surface area contributed by atoms with Gasteiger partial charge in [0.15, 0.2) is 4.80 Å². The van der Waals surface area contributed by atoms with E-state index in [0.29, 0.717) is 37.9 Å². The van der Waals surface area contributed by atoms with E-state index in [1.54, 1.807) is 35.6 Å². The van der Waals surface area contributed by atoms with Crippen molar-refractivity contribution in [3.8, 4) is 11.3 Å². The molecule has 5 rings (SSSR count). The van der Waals surface area contributed by atoms with E-state index in [-0.39, 0.29) is 10.7 Å². The molecular formula is C26H30FN3O3S2. The number of halogens is 1. The summed E-state index contributed by atoms with van der Waals surface area (Å²) in [5.41, 5.74) is 2.70. The summed E-state index contributed by atoms with van der Waals surface area (Å²) in [6.07, 6.45) is 6.23. The van der Waals surface area contributed by atoms with Crippen molar-refractivity contribution in [3.63, 3.8) is 0 Å². The van der Waals surface area contributed by atoms with Gasteiger partial charge in [0.2, 0.25) is 10.0 Å². The van der Waals surface area contributed by atoms with Gasteiger partial charge in [-0.1, -0.05) is 19.3 Å². The topological polar surface area (TPSA) is 63.9 Å². The lowest BCUT2D eigenvalue weighted by Crippen LogP contribution is -2.40. The summed E-state index contributed by atoms with van der Waals surface area (Å²) in [7, 11) is -3.54. The highest BCUT2D eigenvalue weighted by molar-refractivity contribution is 7.89. The van der Waals surface area contributed by atoms with Crippen LogP contribution in [0.4, 0.5) is 10.1 Å². The van der Waals surface area contributed by atoms with Gasteiger partial charge in [-0.15, -0.1) is 11.3 Å². The minimum atomic E-state index is -3.54. The number of sulfonamides is 1. The van der Waals surface area contributed by atoms with Crippen LogP contribution in [0.3, 0.4) is 0 Å². The predicted molar refractivity (Wildman–Crippen MR) is 136 cm³/mol. The van der Waals surface area contributed by atoms with Crippen molar-refractivity contribution < 1.29 is 17.5 Å². The Morgan fingerprint density at radius 3 is 2.34 bits per heavy atom. The molecule has 1 aromatic heterocycles. The lowest BCUT2D eigenvalue weighted by molar-refractivity contribution is 0.0730. The molecule has 1 saturated carbocycles. The van der Waals surface area contributed by atoms with Crippen LogP contribution in [0, 0.1) is 11.7 Å². The Hall–Kier alpha value is -2.33. The van der Waals surface area contributed by atoms with Crippen molar-refractivity contribution in [2.45, 2.75) is 43.5 Å². The van der Waals surface area contributed by atoms with E-state index in [1.165, 1.54) is 48.5 Å². The van der Waals surface area contributed by atoms with Gasteiger partial charge in [-0.25, -0.2) is 17.8 Å². The molecule has 0 bridgehead atoms. The molecule has 0 amide bonds. The number of hydrogen-bond acceptors (Lipinski definition) is 5. The number of morpholine rings is 1. The Morgan fingerprint density at radius 2 is 1.66 bits per heavy atom. The van der Waals surface area contributed by atoms with Gasteiger partial charge in [0.25, 0.3) is 0 Å². The van der Waals surface area contributed by atoms with Gasteiger partial charge in [-0.05, 0) is 72.9 Å². The molecule has 0 unspecified atom stereocenters. The van der Waals surface area contributed by atoms with Crippen LogP contribution in [-0.2, 0) is 21.3 Å². The maximum atomic E-state index is 13.5. The molecule has 3 aromatic rings. The molecule has 1 aliphatic heterocycles. The Morgan fingerprint density at radius 1 is 0.971 bits per heavy atom. The van der Waals surface area contributed by atoms with Crippen molar-refractivity contribution in [1.82, 2.24) is 8.87 Å². The summed E-state index contributed by atoms with van der Waals surface area (Å²) in [6.45, 7) is 2.46. The summed E-state index contributed by atoms with van der Waals surface area (Å²) in [4.78, 5) is 6.01. The Bertz CT molecular complexity index is 1300. The van der Waals surface area contributed by atoms with Crippen LogP contribution in [-0.4, -0.2) is 43.6 Å². The zero-order valence-electron chi connectivity index (χ0n) is 19.6. The highest BCUT2D eigenvalue weighted by atomic mass is 32.2. The molecule has 1 aliphatic carbocycles. The molecule has 2 aliphatic rings. The molecular weight excluding hydrogens is 485 g/mol. The lowest BCUT2D eigenvalue weighted by atomic mass is 9.89. The minimum absolute atomic E-state index is 0.250. The van der Waals surface area contributed by atoms with Gasteiger partial charge in [0.1, 0.15) is 5.82 Å². The number of hydrogen-bond donors (Lipinski definition) is 0. The molecule has 9 heteroatoms. The summed E-state index contributed by atoms with van der Waals surface area (Å²) in [5, 5.41) is 2.08. The second kappa shape index (κ2) is 10.7. The first kappa shape index (κ1) is 24.4. The van der Waals surface area contributed by atoms with E-state index in [9.17, 15) is 12.8 Å². The van der Waals surface area contributed by atoms with Crippen molar-refractivity contribution >= 4 is 27.0 Å². The summed E-state index contributed by atoms with van der Waals surface area (Å²) >= 11 is 1.55. The highest BCUT2D eigenvalue weighted by Gasteiger charge is 2.26. The fraction of sp³-hybridized carbons (Fsp3) is 0.423. The average molecular weight is 516 g/mol. The van der Waals surface area contributed by atoms with Crippen molar-refractivity contribution in [3.05, 3.63) is 64.5 Å². The lowest BCUT2D eigenvalue weighted by Gasteiger charge is -2.26. The first-order valence-corrected chi connectivity index (χ1v) is 14.5. The van der Waals surface area contributed by atoms with E-state index in [2.05, 4.69) is 9.95 Å². The van der Waals surface area contributed by atoms with Crippen LogP contribution < -0.4 is 4.80 Å². The fourth-order valence-corrected chi connectivity index (χ4v) is 7.16. The van der Waals surface area contributed by atoms with Crippen molar-refractivity contribution in [2.24, 2.45) is 10.9 Å². The third-order valence-corrected chi connectivity index (χ3v) is 9.55. The zero-order valence-corrected chi connectivity index (χ0v) is 21.2. The Balaban J connectivity index is 1.46. The number of aromatic nitrogens is 1. The molecule has 2 aromatic carbocycles. The van der Waals surface area contributed by atoms with Gasteiger partial charge >= 0.3 is 0 Å². The molecule has 0 atom stereocenters. The number of thiazole rings is 1. The van der Waals surface area contributed by atoms with Gasteiger partial charge in [-0.2, -0.15) is 4.31 Å².